The van der Waals surface area contributed by atoms with Gasteiger partial charge in [0.05, 0.1) is 23.4 Å². The Bertz CT molecular complexity index is 895. The maximum absolute atomic E-state index is 14.6. The van der Waals surface area contributed by atoms with Crippen LogP contribution in [0.2, 0.25) is 0 Å². The highest BCUT2D eigenvalue weighted by Crippen LogP contribution is 2.54. The molecule has 3 rings (SSSR count). The molecule has 124 valence electrons. The molecule has 2 aliphatic rings. The first-order valence-corrected chi connectivity index (χ1v) is 7.86. The zero-order valence-corrected chi connectivity index (χ0v) is 13.7. The lowest BCUT2D eigenvalue weighted by atomic mass is 9.58. The summed E-state index contributed by atoms with van der Waals surface area (Å²) in [4.78, 5) is 2.01. The molecule has 0 bridgehead atoms. The minimum Gasteiger partial charge on any atom is -0.399 e. The van der Waals surface area contributed by atoms with Gasteiger partial charge in [0, 0.05) is 24.9 Å². The summed E-state index contributed by atoms with van der Waals surface area (Å²) in [5.41, 5.74) is 5.43. The SMILES string of the molecule is CN1CC=C2C(C#N)=C(N)C(C#N)(C#N)[C@H](c3ccccc3F)[C@H]2C1. The molecule has 0 saturated carbocycles. The Morgan fingerprint density at radius 3 is 2.52 bits per heavy atom. The molecule has 0 saturated heterocycles. The average molecular weight is 333 g/mol. The fourth-order valence-electron chi connectivity index (χ4n) is 3.90. The predicted octanol–water partition coefficient (Wildman–Crippen LogP) is 2.18. The summed E-state index contributed by atoms with van der Waals surface area (Å²) in [7, 11) is 1.90. The summed E-state index contributed by atoms with van der Waals surface area (Å²) in [6.07, 6.45) is 1.88. The van der Waals surface area contributed by atoms with Gasteiger partial charge in [0.1, 0.15) is 11.9 Å². The molecule has 0 amide bonds. The van der Waals surface area contributed by atoms with Gasteiger partial charge in [-0.05, 0) is 24.3 Å². The second-order valence-electron chi connectivity index (χ2n) is 6.42. The molecule has 2 N–H and O–H groups in total. The van der Waals surface area contributed by atoms with Crippen molar-refractivity contribution in [3.63, 3.8) is 0 Å². The number of hydrogen-bond donors (Lipinski definition) is 1. The summed E-state index contributed by atoms with van der Waals surface area (Å²) in [6.45, 7) is 1.13. The van der Waals surface area contributed by atoms with Gasteiger partial charge in [0.25, 0.3) is 0 Å². The zero-order chi connectivity index (χ0) is 18.2. The fourth-order valence-corrected chi connectivity index (χ4v) is 3.90. The number of rotatable bonds is 1. The maximum atomic E-state index is 14.6. The number of nitrogens with zero attached hydrogens (tertiary/aromatic N) is 4. The van der Waals surface area contributed by atoms with Crippen LogP contribution in [0.4, 0.5) is 4.39 Å². The van der Waals surface area contributed by atoms with Crippen molar-refractivity contribution in [3.8, 4) is 18.2 Å². The smallest absolute Gasteiger partial charge is 0.191 e. The number of likely N-dealkylation sites (N-methyl/N-ethyl adjacent to an activating group) is 1. The Labute approximate surface area is 145 Å². The molecular weight excluding hydrogens is 317 g/mol. The van der Waals surface area contributed by atoms with Gasteiger partial charge in [-0.25, -0.2) is 4.39 Å². The van der Waals surface area contributed by atoms with Crippen molar-refractivity contribution >= 4 is 0 Å². The van der Waals surface area contributed by atoms with Gasteiger partial charge in [-0.15, -0.1) is 0 Å². The number of benzene rings is 1. The van der Waals surface area contributed by atoms with Crippen molar-refractivity contribution in [1.82, 2.24) is 4.90 Å². The number of hydrogen-bond acceptors (Lipinski definition) is 5. The van der Waals surface area contributed by atoms with Crippen LogP contribution in [-0.4, -0.2) is 25.0 Å². The lowest BCUT2D eigenvalue weighted by Gasteiger charge is -2.45. The second-order valence-corrected chi connectivity index (χ2v) is 6.42. The van der Waals surface area contributed by atoms with Crippen molar-refractivity contribution < 1.29 is 4.39 Å². The highest BCUT2D eigenvalue weighted by atomic mass is 19.1. The van der Waals surface area contributed by atoms with E-state index in [1.165, 1.54) is 6.07 Å². The number of halogens is 1. The first-order valence-electron chi connectivity index (χ1n) is 7.86. The molecule has 0 unspecified atom stereocenters. The molecule has 1 aliphatic heterocycles. The van der Waals surface area contributed by atoms with E-state index in [4.69, 9.17) is 5.73 Å². The highest BCUT2D eigenvalue weighted by molar-refractivity contribution is 5.59. The lowest BCUT2D eigenvalue weighted by Crippen LogP contribution is -2.47. The molecule has 2 atom stereocenters. The molecule has 1 aromatic carbocycles. The minimum absolute atomic E-state index is 0.0830. The molecule has 1 aromatic rings. The Morgan fingerprint density at radius 1 is 1.24 bits per heavy atom. The molecule has 1 aliphatic carbocycles. The number of nitrogens with two attached hydrogens (primary N) is 1. The Morgan fingerprint density at radius 2 is 1.92 bits per heavy atom. The van der Waals surface area contributed by atoms with Crippen molar-refractivity contribution in [3.05, 3.63) is 58.6 Å². The summed E-state index contributed by atoms with van der Waals surface area (Å²) < 4.78 is 14.6. The van der Waals surface area contributed by atoms with Gasteiger partial charge in [-0.2, -0.15) is 15.8 Å². The van der Waals surface area contributed by atoms with Gasteiger partial charge in [-0.3, -0.25) is 0 Å². The highest BCUT2D eigenvalue weighted by Gasteiger charge is 2.54. The van der Waals surface area contributed by atoms with Crippen molar-refractivity contribution in [2.75, 3.05) is 20.1 Å². The lowest BCUT2D eigenvalue weighted by molar-refractivity contribution is 0.234. The number of nitriles is 3. The first-order chi connectivity index (χ1) is 12.0. The van der Waals surface area contributed by atoms with Gasteiger partial charge in [-0.1, -0.05) is 24.3 Å². The molecule has 0 radical (unpaired) electrons. The van der Waals surface area contributed by atoms with Gasteiger partial charge >= 0.3 is 0 Å². The Kier molecular flexibility index (Phi) is 4.05. The molecule has 1 heterocycles. The van der Waals surface area contributed by atoms with Crippen LogP contribution in [0.3, 0.4) is 0 Å². The topological polar surface area (TPSA) is 101 Å². The van der Waals surface area contributed by atoms with Gasteiger partial charge in [0.15, 0.2) is 5.41 Å². The van der Waals surface area contributed by atoms with E-state index in [1.54, 1.807) is 18.2 Å². The normalized spacial score (nSPS) is 25.2. The van der Waals surface area contributed by atoms with Gasteiger partial charge < -0.3 is 10.6 Å². The van der Waals surface area contributed by atoms with Crippen LogP contribution in [0.25, 0.3) is 0 Å². The summed E-state index contributed by atoms with van der Waals surface area (Å²) in [6, 6.07) is 12.2. The third-order valence-electron chi connectivity index (χ3n) is 5.09. The van der Waals surface area contributed by atoms with Crippen LogP contribution in [0, 0.1) is 51.1 Å². The molecular formula is C19H16FN5. The summed E-state index contributed by atoms with van der Waals surface area (Å²) in [5, 5.41) is 29.3. The van der Waals surface area contributed by atoms with E-state index < -0.39 is 17.2 Å². The van der Waals surface area contributed by atoms with Crippen molar-refractivity contribution in [2.24, 2.45) is 17.1 Å². The third-order valence-corrected chi connectivity index (χ3v) is 5.09. The van der Waals surface area contributed by atoms with E-state index >= 15 is 0 Å². The zero-order valence-electron chi connectivity index (χ0n) is 13.7. The predicted molar refractivity (Wildman–Crippen MR) is 88.7 cm³/mol. The van der Waals surface area contributed by atoms with E-state index in [1.807, 2.05) is 36.2 Å². The van der Waals surface area contributed by atoms with E-state index in [-0.39, 0.29) is 22.8 Å². The molecule has 25 heavy (non-hydrogen) atoms. The number of fused-ring (bicyclic) bond motifs is 1. The maximum Gasteiger partial charge on any atom is 0.191 e. The summed E-state index contributed by atoms with van der Waals surface area (Å²) >= 11 is 0. The van der Waals surface area contributed by atoms with Crippen LogP contribution in [0.1, 0.15) is 11.5 Å². The minimum atomic E-state index is -1.78. The second kappa shape index (κ2) is 6.06. The van der Waals surface area contributed by atoms with E-state index in [9.17, 15) is 20.2 Å². The van der Waals surface area contributed by atoms with Crippen LogP contribution >= 0.6 is 0 Å². The number of allylic oxidation sites excluding steroid dienone is 2. The monoisotopic (exact) mass is 333 g/mol. The van der Waals surface area contributed by atoms with Crippen LogP contribution in [0.15, 0.2) is 47.2 Å². The average Bonchev–Trinajstić information content (AvgIpc) is 2.62. The van der Waals surface area contributed by atoms with Crippen LogP contribution in [0.5, 0.6) is 0 Å². The molecule has 6 heteroatoms. The first kappa shape index (κ1) is 16.7. The van der Waals surface area contributed by atoms with E-state index in [0.29, 0.717) is 18.7 Å². The van der Waals surface area contributed by atoms with Crippen molar-refractivity contribution in [2.45, 2.75) is 5.92 Å². The standard InChI is InChI=1S/C19H16FN5/c1-25-7-6-12-14(8-21)18(24)19(10-22,11-23)17(15(12)9-25)13-4-2-3-5-16(13)20/h2-6,15,17H,7,9,24H2,1H3/t15-,17+/m0/s1. The molecule has 5 nitrogen and oxygen atoms in total. The van der Waals surface area contributed by atoms with Gasteiger partial charge in [0.2, 0.25) is 0 Å². The molecule has 0 fully saturated rings. The largest absolute Gasteiger partial charge is 0.399 e. The Hall–Kier alpha value is -3.14. The summed E-state index contributed by atoms with van der Waals surface area (Å²) in [5.74, 6) is -1.63. The quantitative estimate of drug-likeness (QED) is 0.849. The fraction of sp³-hybridized carbons (Fsp3) is 0.316. The van der Waals surface area contributed by atoms with Crippen LogP contribution in [-0.2, 0) is 0 Å². The van der Waals surface area contributed by atoms with E-state index in [2.05, 4.69) is 0 Å². The van der Waals surface area contributed by atoms with Crippen molar-refractivity contribution in [1.29, 1.82) is 15.8 Å². The van der Waals surface area contributed by atoms with Crippen LogP contribution < -0.4 is 5.73 Å². The molecule has 0 spiro atoms. The third kappa shape index (κ3) is 2.30. The Balaban J connectivity index is 2.37. The molecule has 0 aromatic heterocycles. The van der Waals surface area contributed by atoms with E-state index in [0.717, 1.165) is 0 Å².